The van der Waals surface area contributed by atoms with E-state index in [2.05, 4.69) is 10.4 Å². The largest absolute Gasteiger partial charge is 0.320 e. The monoisotopic (exact) mass is 365 g/mol. The number of rotatable bonds is 2. The van der Waals surface area contributed by atoms with E-state index in [4.69, 9.17) is 23.2 Å². The number of amides is 1. The number of halogens is 3. The third-order valence-corrected chi connectivity index (χ3v) is 4.15. The lowest BCUT2D eigenvalue weighted by atomic mass is 10.2. The lowest BCUT2D eigenvalue weighted by molar-refractivity contribution is 0.101. The number of nitrogens with zero attached hydrogens (tertiary/aromatic N) is 2. The highest BCUT2D eigenvalue weighted by atomic mass is 35.5. The van der Waals surface area contributed by atoms with Gasteiger partial charge in [-0.3, -0.25) is 14.3 Å². The minimum atomic E-state index is -0.722. The van der Waals surface area contributed by atoms with Crippen LogP contribution in [0, 0.1) is 5.82 Å². The van der Waals surface area contributed by atoms with Crippen molar-refractivity contribution in [2.45, 2.75) is 0 Å². The van der Waals surface area contributed by atoms with Gasteiger partial charge >= 0.3 is 0 Å². The number of hydrogen-bond donors (Lipinski definition) is 1. The first-order valence-corrected chi connectivity index (χ1v) is 7.55. The van der Waals surface area contributed by atoms with Crippen molar-refractivity contribution in [1.29, 1.82) is 0 Å². The quantitative estimate of drug-likeness (QED) is 0.753. The van der Waals surface area contributed by atoms with E-state index in [0.29, 0.717) is 16.2 Å². The molecule has 0 bridgehead atoms. The first kappa shape index (κ1) is 16.4. The van der Waals surface area contributed by atoms with Gasteiger partial charge in [0.05, 0.1) is 20.9 Å². The Balaban J connectivity index is 2.05. The van der Waals surface area contributed by atoms with Gasteiger partial charge in [-0.1, -0.05) is 23.2 Å². The molecule has 0 unspecified atom stereocenters. The van der Waals surface area contributed by atoms with Gasteiger partial charge in [0.15, 0.2) is 5.69 Å². The van der Waals surface area contributed by atoms with E-state index < -0.39 is 17.2 Å². The first-order valence-electron chi connectivity index (χ1n) is 6.80. The molecule has 24 heavy (non-hydrogen) atoms. The number of aryl methyl sites for hydroxylation is 1. The number of hydrogen-bond acceptors (Lipinski definition) is 3. The molecule has 3 aromatic rings. The van der Waals surface area contributed by atoms with E-state index in [0.717, 1.165) is 6.07 Å². The first-order chi connectivity index (χ1) is 11.4. The minimum Gasteiger partial charge on any atom is -0.320 e. The highest BCUT2D eigenvalue weighted by molar-refractivity contribution is 6.42. The number of benzene rings is 2. The average molecular weight is 366 g/mol. The molecule has 0 spiro atoms. The number of aromatic nitrogens is 2. The molecule has 122 valence electrons. The highest BCUT2D eigenvalue weighted by Crippen LogP contribution is 2.25. The van der Waals surface area contributed by atoms with Crippen LogP contribution in [0.4, 0.5) is 10.1 Å². The van der Waals surface area contributed by atoms with Crippen LogP contribution >= 0.6 is 23.2 Å². The second kappa shape index (κ2) is 6.22. The lowest BCUT2D eigenvalue weighted by Gasteiger charge is -2.09. The van der Waals surface area contributed by atoms with Crippen molar-refractivity contribution >= 4 is 45.7 Å². The van der Waals surface area contributed by atoms with Gasteiger partial charge in [-0.15, -0.1) is 0 Å². The van der Waals surface area contributed by atoms with Crippen molar-refractivity contribution in [2.24, 2.45) is 7.05 Å². The van der Waals surface area contributed by atoms with Crippen molar-refractivity contribution in [1.82, 2.24) is 9.78 Å². The molecule has 0 fully saturated rings. The third kappa shape index (κ3) is 2.98. The standard InChI is InChI=1S/C16H10Cl2FN3O2/c1-22-13-5-2-8(19)6-10(13)15(23)14(21-22)16(24)20-9-3-4-11(17)12(18)7-9/h2-7H,1H3,(H,20,24). The third-order valence-electron chi connectivity index (χ3n) is 3.41. The van der Waals surface area contributed by atoms with Gasteiger partial charge in [-0.2, -0.15) is 5.10 Å². The van der Waals surface area contributed by atoms with Gasteiger partial charge < -0.3 is 5.32 Å². The van der Waals surface area contributed by atoms with Crippen LogP contribution in [0.15, 0.2) is 41.2 Å². The number of carbonyl (C=O) groups excluding carboxylic acids is 1. The molecule has 0 radical (unpaired) electrons. The van der Waals surface area contributed by atoms with Crippen LogP contribution in [-0.2, 0) is 7.05 Å². The molecule has 0 aliphatic carbocycles. The Bertz CT molecular complexity index is 1030. The van der Waals surface area contributed by atoms with Gasteiger partial charge in [0.25, 0.3) is 5.91 Å². The molecule has 0 aliphatic heterocycles. The molecule has 3 rings (SSSR count). The molecule has 1 amide bonds. The molecule has 1 N–H and O–H groups in total. The van der Waals surface area contributed by atoms with Gasteiger partial charge in [-0.05, 0) is 36.4 Å². The van der Waals surface area contributed by atoms with Crippen LogP contribution in [0.1, 0.15) is 10.5 Å². The summed E-state index contributed by atoms with van der Waals surface area (Å²) in [6.07, 6.45) is 0. The lowest BCUT2D eigenvalue weighted by Crippen LogP contribution is -2.26. The van der Waals surface area contributed by atoms with E-state index in [-0.39, 0.29) is 16.1 Å². The van der Waals surface area contributed by atoms with Crippen LogP contribution in [0.2, 0.25) is 10.0 Å². The summed E-state index contributed by atoms with van der Waals surface area (Å²) in [5.74, 6) is -1.29. The van der Waals surface area contributed by atoms with Gasteiger partial charge in [0.2, 0.25) is 5.43 Å². The summed E-state index contributed by atoms with van der Waals surface area (Å²) in [6.45, 7) is 0. The molecule has 5 nitrogen and oxygen atoms in total. The molecule has 8 heteroatoms. The Labute approximate surface area is 145 Å². The second-order valence-electron chi connectivity index (χ2n) is 5.05. The molecule has 0 aliphatic rings. The molecule has 1 heterocycles. The maximum atomic E-state index is 13.4. The van der Waals surface area contributed by atoms with E-state index in [1.54, 1.807) is 7.05 Å². The Hall–Kier alpha value is -2.44. The zero-order valence-electron chi connectivity index (χ0n) is 12.3. The zero-order valence-corrected chi connectivity index (χ0v) is 13.8. The second-order valence-corrected chi connectivity index (χ2v) is 5.86. The Morgan fingerprint density at radius 3 is 2.62 bits per heavy atom. The van der Waals surface area contributed by atoms with Gasteiger partial charge in [0, 0.05) is 12.7 Å². The SMILES string of the molecule is Cn1nc(C(=O)Nc2ccc(Cl)c(Cl)c2)c(=O)c2cc(F)ccc21. The molecule has 2 aromatic carbocycles. The molecule has 0 saturated carbocycles. The summed E-state index contributed by atoms with van der Waals surface area (Å²) >= 11 is 11.7. The van der Waals surface area contributed by atoms with Crippen LogP contribution in [-0.4, -0.2) is 15.7 Å². The smallest absolute Gasteiger partial charge is 0.280 e. The summed E-state index contributed by atoms with van der Waals surface area (Å²) in [4.78, 5) is 24.8. The van der Waals surface area contributed by atoms with Crippen molar-refractivity contribution in [3.63, 3.8) is 0 Å². The summed E-state index contributed by atoms with van der Waals surface area (Å²) < 4.78 is 14.8. The number of carbonyl (C=O) groups is 1. The van der Waals surface area contributed by atoms with Gasteiger partial charge in [-0.25, -0.2) is 4.39 Å². The fourth-order valence-electron chi connectivity index (χ4n) is 2.26. The van der Waals surface area contributed by atoms with E-state index >= 15 is 0 Å². The number of anilines is 1. The van der Waals surface area contributed by atoms with Crippen molar-refractivity contribution in [2.75, 3.05) is 5.32 Å². The topological polar surface area (TPSA) is 64.0 Å². The molecular formula is C16H10Cl2FN3O2. The fourth-order valence-corrected chi connectivity index (χ4v) is 2.56. The van der Waals surface area contributed by atoms with Crippen LogP contribution < -0.4 is 10.7 Å². The summed E-state index contributed by atoms with van der Waals surface area (Å²) in [6, 6.07) is 8.24. The fraction of sp³-hybridized carbons (Fsp3) is 0.0625. The summed E-state index contributed by atoms with van der Waals surface area (Å²) in [5.41, 5.74) is -0.216. The summed E-state index contributed by atoms with van der Waals surface area (Å²) in [7, 11) is 1.57. The predicted octanol–water partition coefficient (Wildman–Crippen LogP) is 3.63. The van der Waals surface area contributed by atoms with Crippen molar-refractivity contribution in [3.05, 3.63) is 68.2 Å². The Morgan fingerprint density at radius 1 is 1.17 bits per heavy atom. The minimum absolute atomic E-state index is 0.0757. The zero-order chi connectivity index (χ0) is 17.4. The molecular weight excluding hydrogens is 356 g/mol. The predicted molar refractivity (Wildman–Crippen MR) is 91.4 cm³/mol. The number of fused-ring (bicyclic) bond motifs is 1. The maximum absolute atomic E-state index is 13.4. The van der Waals surface area contributed by atoms with Crippen molar-refractivity contribution < 1.29 is 9.18 Å². The van der Waals surface area contributed by atoms with Crippen molar-refractivity contribution in [3.8, 4) is 0 Å². The van der Waals surface area contributed by atoms with E-state index in [9.17, 15) is 14.0 Å². The Kier molecular flexibility index (Phi) is 4.26. The van der Waals surface area contributed by atoms with E-state index in [1.807, 2.05) is 0 Å². The van der Waals surface area contributed by atoms with Crippen LogP contribution in [0.5, 0.6) is 0 Å². The average Bonchev–Trinajstić information content (AvgIpc) is 2.54. The summed E-state index contributed by atoms with van der Waals surface area (Å²) in [5, 5.41) is 7.17. The van der Waals surface area contributed by atoms with Crippen LogP contribution in [0.3, 0.4) is 0 Å². The van der Waals surface area contributed by atoms with Gasteiger partial charge in [0.1, 0.15) is 5.82 Å². The molecule has 0 atom stereocenters. The van der Waals surface area contributed by atoms with E-state index in [1.165, 1.54) is 35.0 Å². The number of nitrogens with one attached hydrogen (secondary N) is 1. The van der Waals surface area contributed by atoms with Crippen LogP contribution in [0.25, 0.3) is 10.9 Å². The molecule has 1 aromatic heterocycles. The normalized spacial score (nSPS) is 10.8. The highest BCUT2D eigenvalue weighted by Gasteiger charge is 2.17. The molecule has 0 saturated heterocycles. The Morgan fingerprint density at radius 2 is 1.92 bits per heavy atom. The maximum Gasteiger partial charge on any atom is 0.280 e.